The van der Waals surface area contributed by atoms with Gasteiger partial charge in [-0.2, -0.15) is 0 Å². The highest BCUT2D eigenvalue weighted by atomic mass is 19.1. The smallest absolute Gasteiger partial charge is 0.164 e. The monoisotopic (exact) mass is 242 g/mol. The molecule has 18 heavy (non-hydrogen) atoms. The fraction of sp³-hybridized carbons (Fsp3) is 0.133. The lowest BCUT2D eigenvalue weighted by Gasteiger charge is -2.10. The number of carbonyl (C=O) groups excluding carboxylic acids is 1. The second kappa shape index (κ2) is 3.95. The Morgan fingerprint density at radius 3 is 2.39 bits per heavy atom. The predicted octanol–water partition coefficient (Wildman–Crippen LogP) is 3.33. The molecular weight excluding hydrogens is 231 g/mol. The SMILES string of the molecule is O=C1CCc2ccc(O)c(-c3ccc(F)cc3)c21. The van der Waals surface area contributed by atoms with Crippen LogP contribution >= 0.6 is 0 Å². The summed E-state index contributed by atoms with van der Waals surface area (Å²) in [6.07, 6.45) is 1.19. The van der Waals surface area contributed by atoms with E-state index in [1.807, 2.05) is 0 Å². The molecule has 3 rings (SSSR count). The van der Waals surface area contributed by atoms with Gasteiger partial charge in [-0.3, -0.25) is 4.79 Å². The number of Topliss-reactive ketones (excluding diaryl/α,β-unsaturated/α-hetero) is 1. The molecule has 1 N–H and O–H groups in total. The summed E-state index contributed by atoms with van der Waals surface area (Å²) in [5.74, 6) is -0.229. The molecule has 3 heteroatoms. The van der Waals surface area contributed by atoms with E-state index in [4.69, 9.17) is 0 Å². The van der Waals surface area contributed by atoms with Crippen molar-refractivity contribution in [3.05, 3.63) is 53.3 Å². The van der Waals surface area contributed by atoms with Crippen LogP contribution in [0.25, 0.3) is 11.1 Å². The lowest BCUT2D eigenvalue weighted by Crippen LogP contribution is -1.96. The molecule has 2 aromatic carbocycles. The minimum atomic E-state index is -0.336. The van der Waals surface area contributed by atoms with Crippen LogP contribution in [0.1, 0.15) is 22.3 Å². The number of aryl methyl sites for hydroxylation is 1. The molecule has 2 nitrogen and oxygen atoms in total. The molecule has 2 aromatic rings. The predicted molar refractivity (Wildman–Crippen MR) is 66.2 cm³/mol. The topological polar surface area (TPSA) is 37.3 Å². The van der Waals surface area contributed by atoms with Crippen LogP contribution in [0.5, 0.6) is 5.75 Å². The van der Waals surface area contributed by atoms with E-state index in [0.717, 1.165) is 5.56 Å². The molecule has 0 heterocycles. The molecule has 0 atom stereocenters. The first-order chi connectivity index (χ1) is 8.66. The fourth-order valence-corrected chi connectivity index (χ4v) is 2.44. The van der Waals surface area contributed by atoms with E-state index in [0.29, 0.717) is 29.5 Å². The van der Waals surface area contributed by atoms with Gasteiger partial charge >= 0.3 is 0 Å². The maximum Gasteiger partial charge on any atom is 0.164 e. The third-order valence-corrected chi connectivity index (χ3v) is 3.30. The van der Waals surface area contributed by atoms with Crippen molar-refractivity contribution in [1.82, 2.24) is 0 Å². The molecule has 0 amide bonds. The van der Waals surface area contributed by atoms with Crippen LogP contribution in [-0.4, -0.2) is 10.9 Å². The second-order valence-electron chi connectivity index (χ2n) is 4.42. The van der Waals surface area contributed by atoms with Crippen LogP contribution in [0.2, 0.25) is 0 Å². The first kappa shape index (κ1) is 11.0. The summed E-state index contributed by atoms with van der Waals surface area (Å²) in [6.45, 7) is 0. The summed E-state index contributed by atoms with van der Waals surface area (Å²) in [6, 6.07) is 9.19. The molecule has 0 aromatic heterocycles. The molecule has 0 saturated carbocycles. The average Bonchev–Trinajstić information content (AvgIpc) is 2.73. The highest BCUT2D eigenvalue weighted by molar-refractivity contribution is 6.07. The highest BCUT2D eigenvalue weighted by Gasteiger charge is 2.25. The number of aromatic hydroxyl groups is 1. The van der Waals surface area contributed by atoms with Crippen molar-refractivity contribution in [1.29, 1.82) is 0 Å². The normalized spacial score (nSPS) is 13.7. The Balaban J connectivity index is 2.26. The molecule has 90 valence electrons. The van der Waals surface area contributed by atoms with Crippen molar-refractivity contribution < 1.29 is 14.3 Å². The Morgan fingerprint density at radius 2 is 1.67 bits per heavy atom. The third kappa shape index (κ3) is 1.59. The second-order valence-corrected chi connectivity index (χ2v) is 4.42. The summed E-state index contributed by atoms with van der Waals surface area (Å²) in [5.41, 5.74) is 2.73. The van der Waals surface area contributed by atoms with Crippen LogP contribution < -0.4 is 0 Å². The summed E-state index contributed by atoms with van der Waals surface area (Å²) in [4.78, 5) is 11.9. The first-order valence-corrected chi connectivity index (χ1v) is 5.81. The van der Waals surface area contributed by atoms with Gasteiger partial charge in [0.1, 0.15) is 11.6 Å². The molecule has 1 aliphatic carbocycles. The summed E-state index contributed by atoms with van der Waals surface area (Å²) in [5, 5.41) is 9.97. The average molecular weight is 242 g/mol. The van der Waals surface area contributed by atoms with Gasteiger partial charge in [0.05, 0.1) is 0 Å². The van der Waals surface area contributed by atoms with E-state index in [9.17, 15) is 14.3 Å². The van der Waals surface area contributed by atoms with Crippen LogP contribution in [0.15, 0.2) is 36.4 Å². The molecule has 0 bridgehead atoms. The highest BCUT2D eigenvalue weighted by Crippen LogP contribution is 2.38. The number of halogens is 1. The van der Waals surface area contributed by atoms with Crippen molar-refractivity contribution >= 4 is 5.78 Å². The molecule has 0 radical (unpaired) electrons. The van der Waals surface area contributed by atoms with Gasteiger partial charge in [0.25, 0.3) is 0 Å². The lowest BCUT2D eigenvalue weighted by atomic mass is 9.95. The Bertz CT molecular complexity index is 630. The Morgan fingerprint density at radius 1 is 0.944 bits per heavy atom. The van der Waals surface area contributed by atoms with Gasteiger partial charge in [0, 0.05) is 17.5 Å². The molecule has 0 fully saturated rings. The summed E-state index contributed by atoms with van der Waals surface area (Å²) in [7, 11) is 0. The zero-order valence-corrected chi connectivity index (χ0v) is 9.61. The maximum atomic E-state index is 12.9. The number of phenols is 1. The van der Waals surface area contributed by atoms with Gasteiger partial charge in [-0.05, 0) is 35.7 Å². The van der Waals surface area contributed by atoms with E-state index in [1.165, 1.54) is 12.1 Å². The molecular formula is C15H11FO2. The van der Waals surface area contributed by atoms with Gasteiger partial charge in [-0.25, -0.2) is 4.39 Å². The van der Waals surface area contributed by atoms with Crippen molar-refractivity contribution in [3.63, 3.8) is 0 Å². The van der Waals surface area contributed by atoms with Gasteiger partial charge in [0.2, 0.25) is 0 Å². The quantitative estimate of drug-likeness (QED) is 0.832. The van der Waals surface area contributed by atoms with E-state index < -0.39 is 0 Å². The molecule has 0 unspecified atom stereocenters. The van der Waals surface area contributed by atoms with E-state index in [2.05, 4.69) is 0 Å². The number of hydrogen-bond acceptors (Lipinski definition) is 2. The van der Waals surface area contributed by atoms with Crippen LogP contribution in [0.3, 0.4) is 0 Å². The van der Waals surface area contributed by atoms with Gasteiger partial charge in [-0.15, -0.1) is 0 Å². The van der Waals surface area contributed by atoms with Crippen LogP contribution in [0, 0.1) is 5.82 Å². The number of carbonyl (C=O) groups is 1. The fourth-order valence-electron chi connectivity index (χ4n) is 2.44. The summed E-state index contributed by atoms with van der Waals surface area (Å²) < 4.78 is 12.9. The Labute approximate surface area is 104 Å². The van der Waals surface area contributed by atoms with Gasteiger partial charge in [0.15, 0.2) is 5.78 Å². The molecule has 0 spiro atoms. The Hall–Kier alpha value is -2.16. The molecule has 1 aliphatic rings. The molecule has 0 aliphatic heterocycles. The van der Waals surface area contributed by atoms with Crippen LogP contribution in [0.4, 0.5) is 4.39 Å². The first-order valence-electron chi connectivity index (χ1n) is 5.81. The van der Waals surface area contributed by atoms with E-state index >= 15 is 0 Å². The van der Waals surface area contributed by atoms with Crippen molar-refractivity contribution in [2.75, 3.05) is 0 Å². The summed E-state index contributed by atoms with van der Waals surface area (Å²) >= 11 is 0. The number of rotatable bonds is 1. The number of hydrogen-bond donors (Lipinski definition) is 1. The minimum Gasteiger partial charge on any atom is -0.507 e. The van der Waals surface area contributed by atoms with E-state index in [1.54, 1.807) is 24.3 Å². The third-order valence-electron chi connectivity index (χ3n) is 3.30. The number of benzene rings is 2. The van der Waals surface area contributed by atoms with Crippen LogP contribution in [-0.2, 0) is 6.42 Å². The zero-order chi connectivity index (χ0) is 12.7. The van der Waals surface area contributed by atoms with Gasteiger partial charge < -0.3 is 5.11 Å². The standard InChI is InChI=1S/C15H11FO2/c16-11-5-1-9(2-6-11)14-12(17)7-3-10-4-8-13(18)15(10)14/h1-3,5-7,17H,4,8H2. The van der Waals surface area contributed by atoms with Crippen molar-refractivity contribution in [2.45, 2.75) is 12.8 Å². The minimum absolute atomic E-state index is 0.0419. The molecule has 0 saturated heterocycles. The van der Waals surface area contributed by atoms with Crippen molar-refractivity contribution in [3.8, 4) is 16.9 Å². The van der Waals surface area contributed by atoms with E-state index in [-0.39, 0.29) is 17.3 Å². The number of fused-ring (bicyclic) bond motifs is 1. The van der Waals surface area contributed by atoms with Crippen molar-refractivity contribution in [2.24, 2.45) is 0 Å². The number of phenolic OH excluding ortho intramolecular Hbond substituents is 1. The largest absolute Gasteiger partial charge is 0.507 e. The zero-order valence-electron chi connectivity index (χ0n) is 9.61. The maximum absolute atomic E-state index is 12.9. The lowest BCUT2D eigenvalue weighted by molar-refractivity contribution is 0.0995. The number of ketones is 1. The Kier molecular flexibility index (Phi) is 2.40. The van der Waals surface area contributed by atoms with Gasteiger partial charge in [-0.1, -0.05) is 18.2 Å².